The van der Waals surface area contributed by atoms with Gasteiger partial charge in [0.25, 0.3) is 0 Å². The van der Waals surface area contributed by atoms with Crippen LogP contribution in [0.4, 0.5) is 10.6 Å². The molecule has 0 aliphatic heterocycles. The molecule has 1 amide bonds. The Kier molecular flexibility index (Phi) is 4.76. The smallest absolute Gasteiger partial charge is 0.334 e. The number of rotatable bonds is 3. The van der Waals surface area contributed by atoms with Crippen molar-refractivity contribution in [3.8, 4) is 5.88 Å². The summed E-state index contributed by atoms with van der Waals surface area (Å²) in [7, 11) is 0. The first-order valence-electron chi connectivity index (χ1n) is 7.85. The van der Waals surface area contributed by atoms with Crippen molar-refractivity contribution in [2.24, 2.45) is 0 Å². The average molecular weight is 433 g/mol. The SMILES string of the molecule is O=C(c1cccs1)c1c(O)n(C(=O)Nc2cnccn2)c2cc(Cl)c(Cl)cc12. The van der Waals surface area contributed by atoms with E-state index in [9.17, 15) is 14.7 Å². The molecule has 0 saturated carbocycles. The van der Waals surface area contributed by atoms with Gasteiger partial charge in [-0.1, -0.05) is 29.3 Å². The number of hydrogen-bond donors (Lipinski definition) is 2. The summed E-state index contributed by atoms with van der Waals surface area (Å²) < 4.78 is 0.951. The Balaban J connectivity index is 1.91. The molecule has 3 aromatic heterocycles. The van der Waals surface area contributed by atoms with Gasteiger partial charge in [0.15, 0.2) is 5.82 Å². The van der Waals surface area contributed by atoms with Crippen LogP contribution in [0.15, 0.2) is 48.2 Å². The highest BCUT2D eigenvalue weighted by molar-refractivity contribution is 7.12. The first-order chi connectivity index (χ1) is 13.5. The van der Waals surface area contributed by atoms with Gasteiger partial charge in [-0.05, 0) is 23.6 Å². The van der Waals surface area contributed by atoms with Gasteiger partial charge in [0, 0.05) is 17.8 Å². The summed E-state index contributed by atoms with van der Waals surface area (Å²) >= 11 is 13.4. The Morgan fingerprint density at radius 2 is 1.96 bits per heavy atom. The number of ketones is 1. The molecular formula is C18H10Cl2N4O3S. The Morgan fingerprint density at radius 3 is 2.64 bits per heavy atom. The molecule has 0 saturated heterocycles. The molecular weight excluding hydrogens is 423 g/mol. The summed E-state index contributed by atoms with van der Waals surface area (Å²) in [4.78, 5) is 34.0. The van der Waals surface area contributed by atoms with E-state index in [1.165, 1.54) is 42.1 Å². The van der Waals surface area contributed by atoms with Crippen molar-refractivity contribution in [3.63, 3.8) is 0 Å². The molecule has 0 aliphatic rings. The van der Waals surface area contributed by atoms with Crippen molar-refractivity contribution in [2.45, 2.75) is 0 Å². The van der Waals surface area contributed by atoms with E-state index < -0.39 is 17.7 Å². The number of amides is 1. The van der Waals surface area contributed by atoms with E-state index in [-0.39, 0.29) is 26.9 Å². The van der Waals surface area contributed by atoms with E-state index >= 15 is 0 Å². The van der Waals surface area contributed by atoms with Gasteiger partial charge >= 0.3 is 6.03 Å². The monoisotopic (exact) mass is 432 g/mol. The molecule has 0 unspecified atom stereocenters. The predicted octanol–water partition coefficient (Wildman–Crippen LogP) is 4.82. The lowest BCUT2D eigenvalue weighted by molar-refractivity contribution is 0.104. The second kappa shape index (κ2) is 7.23. The summed E-state index contributed by atoms with van der Waals surface area (Å²) in [6.07, 6.45) is 4.21. The predicted molar refractivity (Wildman–Crippen MR) is 108 cm³/mol. The number of thiophene rings is 1. The number of halogens is 2. The number of aromatic hydroxyl groups is 1. The van der Waals surface area contributed by atoms with Gasteiger partial charge in [0.2, 0.25) is 11.7 Å². The van der Waals surface area contributed by atoms with Crippen molar-refractivity contribution in [1.82, 2.24) is 14.5 Å². The molecule has 0 spiro atoms. The molecule has 28 heavy (non-hydrogen) atoms. The van der Waals surface area contributed by atoms with Crippen LogP contribution in [0.1, 0.15) is 15.2 Å². The Labute approximate surface area is 172 Å². The van der Waals surface area contributed by atoms with Crippen molar-refractivity contribution in [2.75, 3.05) is 5.32 Å². The Morgan fingerprint density at radius 1 is 1.18 bits per heavy atom. The second-order valence-corrected chi connectivity index (χ2v) is 7.41. The highest BCUT2D eigenvalue weighted by Gasteiger charge is 2.28. The lowest BCUT2D eigenvalue weighted by Crippen LogP contribution is -2.19. The van der Waals surface area contributed by atoms with Crippen LogP contribution in [-0.4, -0.2) is 31.5 Å². The molecule has 0 radical (unpaired) electrons. The number of aromatic nitrogens is 3. The van der Waals surface area contributed by atoms with Gasteiger partial charge in [-0.2, -0.15) is 0 Å². The van der Waals surface area contributed by atoms with Crippen LogP contribution in [0.3, 0.4) is 0 Å². The lowest BCUT2D eigenvalue weighted by atomic mass is 10.1. The van der Waals surface area contributed by atoms with Gasteiger partial charge in [-0.15, -0.1) is 11.3 Å². The maximum atomic E-state index is 12.9. The van der Waals surface area contributed by atoms with Crippen LogP contribution in [0.25, 0.3) is 10.9 Å². The summed E-state index contributed by atoms with van der Waals surface area (Å²) in [5.41, 5.74) is 0.193. The molecule has 0 bridgehead atoms. The normalized spacial score (nSPS) is 10.9. The van der Waals surface area contributed by atoms with Crippen molar-refractivity contribution in [1.29, 1.82) is 0 Å². The number of benzene rings is 1. The number of carbonyl (C=O) groups excluding carboxylic acids is 2. The number of nitrogens with one attached hydrogen (secondary N) is 1. The zero-order valence-electron chi connectivity index (χ0n) is 13.9. The molecule has 1 aromatic carbocycles. The van der Waals surface area contributed by atoms with Gasteiger partial charge in [-0.25, -0.2) is 14.3 Å². The summed E-state index contributed by atoms with van der Waals surface area (Å²) in [5.74, 6) is -0.769. The fourth-order valence-electron chi connectivity index (χ4n) is 2.76. The molecule has 0 atom stereocenters. The summed E-state index contributed by atoms with van der Waals surface area (Å²) in [6, 6.07) is 5.49. The molecule has 140 valence electrons. The molecule has 7 nitrogen and oxygen atoms in total. The molecule has 10 heteroatoms. The third-order valence-electron chi connectivity index (χ3n) is 3.96. The number of nitrogens with zero attached hydrogens (tertiary/aromatic N) is 3. The summed E-state index contributed by atoms with van der Waals surface area (Å²) in [5, 5.41) is 15.7. The van der Waals surface area contributed by atoms with Crippen LogP contribution in [0.5, 0.6) is 5.88 Å². The van der Waals surface area contributed by atoms with Crippen molar-refractivity contribution < 1.29 is 14.7 Å². The average Bonchev–Trinajstić information content (AvgIpc) is 3.29. The fourth-order valence-corrected chi connectivity index (χ4v) is 3.75. The van der Waals surface area contributed by atoms with Crippen LogP contribution in [0, 0.1) is 0 Å². The highest BCUT2D eigenvalue weighted by Crippen LogP contribution is 2.38. The summed E-state index contributed by atoms with van der Waals surface area (Å²) in [6.45, 7) is 0. The minimum Gasteiger partial charge on any atom is -0.494 e. The van der Waals surface area contributed by atoms with E-state index in [4.69, 9.17) is 23.2 Å². The minimum atomic E-state index is -0.730. The fraction of sp³-hybridized carbons (Fsp3) is 0. The zero-order valence-corrected chi connectivity index (χ0v) is 16.2. The van der Waals surface area contributed by atoms with E-state index in [2.05, 4.69) is 15.3 Å². The maximum Gasteiger partial charge on any atom is 0.334 e. The van der Waals surface area contributed by atoms with Crippen LogP contribution >= 0.6 is 34.5 Å². The first-order valence-corrected chi connectivity index (χ1v) is 9.49. The molecule has 3 heterocycles. The number of hydrogen-bond acceptors (Lipinski definition) is 6. The third kappa shape index (κ3) is 3.11. The molecule has 0 aliphatic carbocycles. The van der Waals surface area contributed by atoms with Gasteiger partial charge in [-0.3, -0.25) is 15.1 Å². The number of fused-ring (bicyclic) bond motifs is 1. The molecule has 4 aromatic rings. The molecule has 4 rings (SSSR count). The first kappa shape index (κ1) is 18.4. The molecule has 2 N–H and O–H groups in total. The van der Waals surface area contributed by atoms with E-state index in [1.807, 2.05) is 0 Å². The largest absolute Gasteiger partial charge is 0.494 e. The van der Waals surface area contributed by atoms with Crippen LogP contribution in [-0.2, 0) is 0 Å². The second-order valence-electron chi connectivity index (χ2n) is 5.64. The topological polar surface area (TPSA) is 97.1 Å². The Bertz CT molecular complexity index is 1210. The van der Waals surface area contributed by atoms with Gasteiger partial charge in [0.1, 0.15) is 0 Å². The minimum absolute atomic E-state index is 0.0367. The highest BCUT2D eigenvalue weighted by atomic mass is 35.5. The standard InChI is InChI=1S/C18H10Cl2N4O3S/c19-10-6-9-12(7-11(10)20)24(18(27)23-14-8-21-3-4-22-14)17(26)15(9)16(25)13-2-1-5-28-13/h1-8,26H,(H,22,23,27). The molecule has 0 fully saturated rings. The van der Waals surface area contributed by atoms with E-state index in [0.717, 1.165) is 4.57 Å². The van der Waals surface area contributed by atoms with Gasteiger partial charge in [0.05, 0.1) is 32.2 Å². The quantitative estimate of drug-likeness (QED) is 0.452. The van der Waals surface area contributed by atoms with E-state index in [0.29, 0.717) is 10.3 Å². The van der Waals surface area contributed by atoms with Gasteiger partial charge < -0.3 is 5.11 Å². The maximum absolute atomic E-state index is 12.9. The number of anilines is 1. The van der Waals surface area contributed by atoms with Crippen molar-refractivity contribution >= 4 is 63.1 Å². The third-order valence-corrected chi connectivity index (χ3v) is 5.55. The number of carbonyl (C=O) groups is 2. The van der Waals surface area contributed by atoms with Crippen molar-refractivity contribution in [3.05, 3.63) is 68.7 Å². The van der Waals surface area contributed by atoms with Crippen LogP contribution in [0.2, 0.25) is 10.0 Å². The van der Waals surface area contributed by atoms with E-state index in [1.54, 1.807) is 17.5 Å². The zero-order chi connectivity index (χ0) is 19.8. The Hall–Kier alpha value is -2.94. The van der Waals surface area contributed by atoms with Crippen LogP contribution < -0.4 is 5.32 Å². The lowest BCUT2D eigenvalue weighted by Gasteiger charge is -2.07.